The van der Waals surface area contributed by atoms with Gasteiger partial charge < -0.3 is 14.9 Å². The summed E-state index contributed by atoms with van der Waals surface area (Å²) >= 11 is 0. The lowest BCUT2D eigenvalue weighted by atomic mass is 10.0. The van der Waals surface area contributed by atoms with E-state index in [2.05, 4.69) is 6.92 Å². The molecule has 0 aromatic carbocycles. The van der Waals surface area contributed by atoms with Crippen LogP contribution < -0.4 is 0 Å². The van der Waals surface area contributed by atoms with E-state index < -0.39 is 18.4 Å². The highest BCUT2D eigenvalue weighted by molar-refractivity contribution is 5.69. The van der Waals surface area contributed by atoms with Gasteiger partial charge >= 0.3 is 5.97 Å². The van der Waals surface area contributed by atoms with Gasteiger partial charge in [0.05, 0.1) is 0 Å². The van der Waals surface area contributed by atoms with Crippen molar-refractivity contribution in [3.63, 3.8) is 0 Å². The summed E-state index contributed by atoms with van der Waals surface area (Å²) in [5.74, 6) is -0.405. The molecule has 4 nitrogen and oxygen atoms in total. The number of hydrogen-bond donors (Lipinski definition) is 2. The molecule has 0 amide bonds. The number of carbonyl (C=O) groups is 1. The average Bonchev–Trinajstić information content (AvgIpc) is 2.68. The van der Waals surface area contributed by atoms with Crippen LogP contribution in [0.1, 0.15) is 136 Å². The normalized spacial score (nSPS) is 13.4. The minimum Gasteiger partial charge on any atom is -0.433 e. The summed E-state index contributed by atoms with van der Waals surface area (Å²) in [6, 6.07) is 0. The fourth-order valence-electron chi connectivity index (χ4n) is 3.47. The Labute approximate surface area is 174 Å². The lowest BCUT2D eigenvalue weighted by Crippen LogP contribution is -2.30. The molecule has 0 bridgehead atoms. The molecular weight excluding hydrogens is 352 g/mol. The topological polar surface area (TPSA) is 66.8 Å². The third kappa shape index (κ3) is 18.7. The molecule has 0 heterocycles. The molecule has 0 aromatic heterocycles. The van der Waals surface area contributed by atoms with Gasteiger partial charge in [-0.05, 0) is 12.8 Å². The lowest BCUT2D eigenvalue weighted by Gasteiger charge is -2.17. The van der Waals surface area contributed by atoms with Gasteiger partial charge in [0.25, 0.3) is 0 Å². The minimum absolute atomic E-state index is 0.329. The second kappa shape index (κ2) is 21.1. The number of unbranched alkanes of at least 4 members (excludes halogenated alkanes) is 15. The van der Waals surface area contributed by atoms with Gasteiger partial charge in [-0.2, -0.15) is 0 Å². The fourth-order valence-corrected chi connectivity index (χ4v) is 3.47. The van der Waals surface area contributed by atoms with E-state index in [1.54, 1.807) is 0 Å². The zero-order valence-corrected chi connectivity index (χ0v) is 18.8. The molecule has 0 saturated carbocycles. The molecule has 2 N–H and O–H groups in total. The van der Waals surface area contributed by atoms with Crippen LogP contribution >= 0.6 is 0 Å². The van der Waals surface area contributed by atoms with Crippen molar-refractivity contribution in [3.05, 3.63) is 0 Å². The van der Waals surface area contributed by atoms with Crippen LogP contribution in [-0.4, -0.2) is 28.6 Å². The van der Waals surface area contributed by atoms with Crippen molar-refractivity contribution in [1.82, 2.24) is 0 Å². The lowest BCUT2D eigenvalue weighted by molar-refractivity contribution is -0.187. The molecule has 28 heavy (non-hydrogen) atoms. The Bertz CT molecular complexity index is 333. The number of ether oxygens (including phenoxy) is 1. The van der Waals surface area contributed by atoms with Crippen molar-refractivity contribution in [1.29, 1.82) is 0 Å². The summed E-state index contributed by atoms with van der Waals surface area (Å²) in [5, 5.41) is 19.3. The molecule has 0 aromatic rings. The molecule has 0 aliphatic carbocycles. The molecule has 0 fully saturated rings. The van der Waals surface area contributed by atoms with E-state index in [0.717, 1.165) is 32.1 Å². The molecule has 0 aliphatic rings. The predicted molar refractivity (Wildman–Crippen MR) is 117 cm³/mol. The van der Waals surface area contributed by atoms with E-state index in [9.17, 15) is 15.0 Å². The fraction of sp³-hybridized carbons (Fsp3) is 0.958. The van der Waals surface area contributed by atoms with E-state index >= 15 is 0 Å². The van der Waals surface area contributed by atoms with Crippen LogP contribution in [0.5, 0.6) is 0 Å². The van der Waals surface area contributed by atoms with Crippen LogP contribution in [0.2, 0.25) is 0 Å². The van der Waals surface area contributed by atoms with Crippen molar-refractivity contribution in [2.75, 3.05) is 0 Å². The Morgan fingerprint density at radius 1 is 0.643 bits per heavy atom. The molecule has 2 unspecified atom stereocenters. The first-order valence-electron chi connectivity index (χ1n) is 12.2. The summed E-state index contributed by atoms with van der Waals surface area (Å²) in [6.45, 7) is 4.28. The predicted octanol–water partition coefficient (Wildman–Crippen LogP) is 6.66. The van der Waals surface area contributed by atoms with Crippen LogP contribution in [0.15, 0.2) is 0 Å². The molecule has 2 atom stereocenters. The summed E-state index contributed by atoms with van der Waals surface area (Å²) in [4.78, 5) is 11.7. The molecule has 0 rings (SSSR count). The van der Waals surface area contributed by atoms with Crippen molar-refractivity contribution < 1.29 is 19.7 Å². The van der Waals surface area contributed by atoms with Gasteiger partial charge in [0.2, 0.25) is 6.29 Å². The van der Waals surface area contributed by atoms with Gasteiger partial charge in [-0.3, -0.25) is 4.79 Å². The van der Waals surface area contributed by atoms with E-state index in [4.69, 9.17) is 4.74 Å². The number of carbonyl (C=O) groups excluding carboxylic acids is 1. The van der Waals surface area contributed by atoms with Crippen molar-refractivity contribution in [2.24, 2.45) is 0 Å². The minimum atomic E-state index is -1.38. The standard InChI is InChI=1S/C24H48O4/c1-3-5-7-8-9-10-11-12-13-14-15-16-17-18-19-21-23(26)28-24(27)22(25)20-6-4-2/h22,24-25,27H,3-21H2,1-2H3. The van der Waals surface area contributed by atoms with Gasteiger partial charge in [-0.15, -0.1) is 0 Å². The summed E-state index contributed by atoms with van der Waals surface area (Å²) in [7, 11) is 0. The highest BCUT2D eigenvalue weighted by Gasteiger charge is 2.19. The van der Waals surface area contributed by atoms with Crippen LogP contribution in [0, 0.1) is 0 Å². The first kappa shape index (κ1) is 27.4. The maximum atomic E-state index is 11.7. The summed E-state index contributed by atoms with van der Waals surface area (Å²) in [6.07, 6.45) is 19.6. The zero-order valence-electron chi connectivity index (χ0n) is 18.8. The first-order valence-corrected chi connectivity index (χ1v) is 12.2. The number of aliphatic hydroxyl groups is 2. The van der Waals surface area contributed by atoms with E-state index in [1.165, 1.54) is 77.0 Å². The van der Waals surface area contributed by atoms with Crippen molar-refractivity contribution in [3.8, 4) is 0 Å². The summed E-state index contributed by atoms with van der Waals surface area (Å²) < 4.78 is 4.89. The average molecular weight is 401 g/mol. The van der Waals surface area contributed by atoms with Crippen LogP contribution in [0.25, 0.3) is 0 Å². The monoisotopic (exact) mass is 400 g/mol. The third-order valence-corrected chi connectivity index (χ3v) is 5.42. The second-order valence-corrected chi connectivity index (χ2v) is 8.29. The van der Waals surface area contributed by atoms with E-state index in [1.807, 2.05) is 6.92 Å². The van der Waals surface area contributed by atoms with Crippen molar-refractivity contribution >= 4 is 5.97 Å². The Morgan fingerprint density at radius 3 is 1.46 bits per heavy atom. The highest BCUT2D eigenvalue weighted by atomic mass is 16.6. The van der Waals surface area contributed by atoms with E-state index in [0.29, 0.717) is 12.8 Å². The van der Waals surface area contributed by atoms with Gasteiger partial charge in [-0.1, -0.05) is 117 Å². The maximum Gasteiger partial charge on any atom is 0.308 e. The van der Waals surface area contributed by atoms with Gasteiger partial charge in [0.1, 0.15) is 6.10 Å². The first-order chi connectivity index (χ1) is 13.6. The second-order valence-electron chi connectivity index (χ2n) is 8.29. The van der Waals surface area contributed by atoms with Crippen LogP contribution in [0.3, 0.4) is 0 Å². The zero-order chi connectivity index (χ0) is 20.9. The Kier molecular flexibility index (Phi) is 20.6. The molecule has 0 aliphatic heterocycles. The van der Waals surface area contributed by atoms with Gasteiger partial charge in [0.15, 0.2) is 0 Å². The molecule has 0 saturated heterocycles. The number of hydrogen-bond acceptors (Lipinski definition) is 4. The number of aliphatic hydroxyl groups excluding tert-OH is 2. The molecule has 0 spiro atoms. The van der Waals surface area contributed by atoms with Gasteiger partial charge in [0, 0.05) is 6.42 Å². The quantitative estimate of drug-likeness (QED) is 0.128. The van der Waals surface area contributed by atoms with Gasteiger partial charge in [-0.25, -0.2) is 0 Å². The summed E-state index contributed by atoms with van der Waals surface area (Å²) in [5.41, 5.74) is 0. The van der Waals surface area contributed by atoms with Crippen LogP contribution in [0.4, 0.5) is 0 Å². The molecular formula is C24H48O4. The molecule has 168 valence electrons. The third-order valence-electron chi connectivity index (χ3n) is 5.42. The molecule has 0 radical (unpaired) electrons. The Balaban J connectivity index is 3.31. The van der Waals surface area contributed by atoms with Crippen LogP contribution in [-0.2, 0) is 9.53 Å². The molecule has 4 heteroatoms. The SMILES string of the molecule is CCCCCCCCCCCCCCCCCC(=O)OC(O)C(O)CCCC. The van der Waals surface area contributed by atoms with E-state index in [-0.39, 0.29) is 0 Å². The Hall–Kier alpha value is -0.610. The Morgan fingerprint density at radius 2 is 1.04 bits per heavy atom. The number of esters is 1. The largest absolute Gasteiger partial charge is 0.433 e. The highest BCUT2D eigenvalue weighted by Crippen LogP contribution is 2.14. The smallest absolute Gasteiger partial charge is 0.308 e. The number of rotatable bonds is 21. The maximum absolute atomic E-state index is 11.7. The van der Waals surface area contributed by atoms with Crippen molar-refractivity contribution in [2.45, 2.75) is 148 Å².